The number of primary amides is 1. The van der Waals surface area contributed by atoms with Crippen molar-refractivity contribution in [2.75, 3.05) is 13.3 Å². The lowest BCUT2D eigenvalue weighted by Crippen LogP contribution is -2.28. The third-order valence-electron chi connectivity index (χ3n) is 0.411. The largest absolute Gasteiger partial charge is 0.381 e. The van der Waals surface area contributed by atoms with E-state index in [1.165, 1.54) is 0 Å². The van der Waals surface area contributed by atoms with Crippen LogP contribution in [0.15, 0.2) is 0 Å². The number of aliphatic hydroxyl groups is 1. The van der Waals surface area contributed by atoms with Crippen molar-refractivity contribution in [3.05, 3.63) is 0 Å². The van der Waals surface area contributed by atoms with E-state index < -0.39 is 5.91 Å². The predicted octanol–water partition coefficient (Wildman–Crippen LogP) is -1.99. The summed E-state index contributed by atoms with van der Waals surface area (Å²) in [4.78, 5) is 9.81. The second-order valence-electron chi connectivity index (χ2n) is 1.05. The molecule has 0 unspecified atom stereocenters. The summed E-state index contributed by atoms with van der Waals surface area (Å²) in [5.74, 6) is -0.464. The molecule has 0 aliphatic heterocycles. The van der Waals surface area contributed by atoms with E-state index in [9.17, 15) is 4.79 Å². The van der Waals surface area contributed by atoms with Gasteiger partial charge in [0.05, 0.1) is 13.3 Å². The predicted molar refractivity (Wildman–Crippen MR) is 24.3 cm³/mol. The number of rotatable bonds is 3. The topological polar surface area (TPSA) is 75.4 Å². The van der Waals surface area contributed by atoms with Crippen molar-refractivity contribution in [3.8, 4) is 0 Å². The molecule has 1 amide bonds. The van der Waals surface area contributed by atoms with Gasteiger partial charge in [0.15, 0.2) is 0 Å². The fourth-order valence-electron chi connectivity index (χ4n) is 0.179. The molecular formula is C3H8N2O2. The van der Waals surface area contributed by atoms with Crippen LogP contribution in [0.1, 0.15) is 0 Å². The zero-order valence-corrected chi connectivity index (χ0v) is 3.85. The van der Waals surface area contributed by atoms with Gasteiger partial charge in [-0.1, -0.05) is 0 Å². The second-order valence-corrected chi connectivity index (χ2v) is 1.05. The monoisotopic (exact) mass is 104 g/mol. The lowest BCUT2D eigenvalue weighted by Gasteiger charge is -1.91. The molecule has 0 saturated heterocycles. The molecule has 0 bridgehead atoms. The minimum atomic E-state index is -0.464. The Morgan fingerprint density at radius 1 is 1.86 bits per heavy atom. The molecule has 0 rings (SSSR count). The van der Waals surface area contributed by atoms with Crippen molar-refractivity contribution in [1.29, 1.82) is 0 Å². The Morgan fingerprint density at radius 3 is 2.57 bits per heavy atom. The van der Waals surface area contributed by atoms with Crippen LogP contribution in [0.3, 0.4) is 0 Å². The molecule has 7 heavy (non-hydrogen) atoms. The second kappa shape index (κ2) is 3.58. The van der Waals surface area contributed by atoms with Gasteiger partial charge < -0.3 is 10.8 Å². The van der Waals surface area contributed by atoms with Crippen LogP contribution in [0.5, 0.6) is 0 Å². The van der Waals surface area contributed by atoms with Gasteiger partial charge in [-0.05, 0) is 0 Å². The lowest BCUT2D eigenvalue weighted by atomic mass is 10.6. The molecule has 0 heterocycles. The van der Waals surface area contributed by atoms with E-state index in [-0.39, 0.29) is 13.3 Å². The smallest absolute Gasteiger partial charge is 0.231 e. The van der Waals surface area contributed by atoms with E-state index in [1.54, 1.807) is 0 Å². The molecule has 0 fully saturated rings. The standard InChI is InChI=1S/C3H8N2O2/c4-3(7)1-5-2-6/h5-6H,1-2H2,(H2,4,7). The third-order valence-corrected chi connectivity index (χ3v) is 0.411. The molecule has 0 radical (unpaired) electrons. The lowest BCUT2D eigenvalue weighted by molar-refractivity contribution is -0.117. The van der Waals surface area contributed by atoms with Crippen molar-refractivity contribution in [1.82, 2.24) is 5.32 Å². The number of nitrogens with two attached hydrogens (primary N) is 1. The van der Waals surface area contributed by atoms with Crippen molar-refractivity contribution in [2.45, 2.75) is 0 Å². The van der Waals surface area contributed by atoms with E-state index in [0.29, 0.717) is 0 Å². The molecule has 0 aliphatic rings. The Balaban J connectivity index is 2.82. The highest BCUT2D eigenvalue weighted by atomic mass is 16.3. The number of hydrogen-bond acceptors (Lipinski definition) is 3. The van der Waals surface area contributed by atoms with Gasteiger partial charge in [-0.2, -0.15) is 0 Å². The van der Waals surface area contributed by atoms with Crippen LogP contribution in [-0.4, -0.2) is 24.3 Å². The fraction of sp³-hybridized carbons (Fsp3) is 0.667. The average Bonchev–Trinajstić information content (AvgIpc) is 1.61. The van der Waals surface area contributed by atoms with Gasteiger partial charge in [-0.3, -0.25) is 10.1 Å². The number of carbonyl (C=O) groups is 1. The number of hydrogen-bond donors (Lipinski definition) is 3. The first kappa shape index (κ1) is 6.39. The van der Waals surface area contributed by atoms with Gasteiger partial charge >= 0.3 is 0 Å². The van der Waals surface area contributed by atoms with Gasteiger partial charge in [0, 0.05) is 0 Å². The maximum absolute atomic E-state index is 9.81. The van der Waals surface area contributed by atoms with Gasteiger partial charge in [-0.25, -0.2) is 0 Å². The summed E-state index contributed by atoms with van der Waals surface area (Å²) >= 11 is 0. The maximum Gasteiger partial charge on any atom is 0.231 e. The molecule has 42 valence electrons. The number of carbonyl (C=O) groups excluding carboxylic acids is 1. The molecule has 0 aromatic rings. The summed E-state index contributed by atoms with van der Waals surface area (Å²) in [6, 6.07) is 0. The van der Waals surface area contributed by atoms with Crippen LogP contribution < -0.4 is 11.1 Å². The summed E-state index contributed by atoms with van der Waals surface area (Å²) in [6.07, 6.45) is 0. The molecule has 0 atom stereocenters. The molecule has 4 nitrogen and oxygen atoms in total. The Kier molecular flexibility index (Phi) is 3.26. The molecule has 4 heteroatoms. The van der Waals surface area contributed by atoms with E-state index >= 15 is 0 Å². The Labute approximate surface area is 41.3 Å². The minimum Gasteiger partial charge on any atom is -0.381 e. The molecular weight excluding hydrogens is 96.0 g/mol. The number of aliphatic hydroxyl groups excluding tert-OH is 1. The molecule has 0 aromatic heterocycles. The first-order chi connectivity index (χ1) is 3.27. The summed E-state index contributed by atoms with van der Waals surface area (Å²) in [5, 5.41) is 10.3. The van der Waals surface area contributed by atoms with Gasteiger partial charge in [0.1, 0.15) is 0 Å². The van der Waals surface area contributed by atoms with Gasteiger partial charge in [-0.15, -0.1) is 0 Å². The highest BCUT2D eigenvalue weighted by molar-refractivity contribution is 5.75. The summed E-state index contributed by atoms with van der Waals surface area (Å²) < 4.78 is 0. The normalized spacial score (nSPS) is 8.71. The number of amides is 1. The molecule has 0 aliphatic carbocycles. The Morgan fingerprint density at radius 2 is 2.43 bits per heavy atom. The molecule has 4 N–H and O–H groups in total. The maximum atomic E-state index is 9.81. The highest BCUT2D eigenvalue weighted by Crippen LogP contribution is 1.49. The van der Waals surface area contributed by atoms with Crippen LogP contribution in [0.25, 0.3) is 0 Å². The van der Waals surface area contributed by atoms with Crippen molar-refractivity contribution in [2.24, 2.45) is 5.73 Å². The SMILES string of the molecule is NC(=O)CNCO. The van der Waals surface area contributed by atoms with Gasteiger partial charge in [0.25, 0.3) is 0 Å². The van der Waals surface area contributed by atoms with Crippen molar-refractivity contribution >= 4 is 5.91 Å². The van der Waals surface area contributed by atoms with Crippen LogP contribution in [0, 0.1) is 0 Å². The fourth-order valence-corrected chi connectivity index (χ4v) is 0.179. The third kappa shape index (κ3) is 5.39. The molecule has 0 saturated carbocycles. The van der Waals surface area contributed by atoms with E-state index in [1.807, 2.05) is 0 Å². The first-order valence-corrected chi connectivity index (χ1v) is 1.87. The van der Waals surface area contributed by atoms with Crippen molar-refractivity contribution < 1.29 is 9.90 Å². The average molecular weight is 104 g/mol. The van der Waals surface area contributed by atoms with E-state index in [0.717, 1.165) is 0 Å². The molecule has 0 spiro atoms. The quantitative estimate of drug-likeness (QED) is 0.363. The molecule has 0 aromatic carbocycles. The van der Waals surface area contributed by atoms with Crippen LogP contribution in [-0.2, 0) is 4.79 Å². The van der Waals surface area contributed by atoms with E-state index in [2.05, 4.69) is 11.1 Å². The van der Waals surface area contributed by atoms with Crippen LogP contribution in [0.2, 0.25) is 0 Å². The Hall–Kier alpha value is -0.610. The highest BCUT2D eigenvalue weighted by Gasteiger charge is 1.86. The van der Waals surface area contributed by atoms with Crippen molar-refractivity contribution in [3.63, 3.8) is 0 Å². The van der Waals surface area contributed by atoms with Crippen LogP contribution >= 0.6 is 0 Å². The minimum absolute atomic E-state index is 0.0382. The van der Waals surface area contributed by atoms with Gasteiger partial charge in [0.2, 0.25) is 5.91 Å². The zero-order valence-electron chi connectivity index (χ0n) is 3.85. The first-order valence-electron chi connectivity index (χ1n) is 1.87. The summed E-state index contributed by atoms with van der Waals surface area (Å²) in [6.45, 7) is -0.167. The summed E-state index contributed by atoms with van der Waals surface area (Å²) in [7, 11) is 0. The number of nitrogens with one attached hydrogen (secondary N) is 1. The van der Waals surface area contributed by atoms with E-state index in [4.69, 9.17) is 5.11 Å². The Bertz CT molecular complexity index is 64.0. The van der Waals surface area contributed by atoms with Crippen LogP contribution in [0.4, 0.5) is 0 Å². The summed E-state index contributed by atoms with van der Waals surface area (Å²) in [5.41, 5.74) is 4.67. The zero-order chi connectivity index (χ0) is 5.70.